The van der Waals surface area contributed by atoms with Gasteiger partial charge in [-0.1, -0.05) is 22.0 Å². The van der Waals surface area contributed by atoms with Crippen LogP contribution in [0.3, 0.4) is 0 Å². The number of hydrogen-bond donors (Lipinski definition) is 2. The van der Waals surface area contributed by atoms with E-state index in [0.29, 0.717) is 6.54 Å². The van der Waals surface area contributed by atoms with Gasteiger partial charge in [0.15, 0.2) is 0 Å². The molecule has 76 valence electrons. The Morgan fingerprint density at radius 2 is 2.33 bits per heavy atom. The summed E-state index contributed by atoms with van der Waals surface area (Å²) in [5, 5.41) is 0. The van der Waals surface area contributed by atoms with E-state index in [1.165, 1.54) is 16.8 Å². The number of halogens is 1. The number of H-pyrrole nitrogens is 1. The molecule has 0 amide bonds. The van der Waals surface area contributed by atoms with Crippen molar-refractivity contribution in [3.05, 3.63) is 39.8 Å². The van der Waals surface area contributed by atoms with Crippen molar-refractivity contribution in [3.63, 3.8) is 0 Å². The molecule has 0 aliphatic heterocycles. The lowest BCUT2D eigenvalue weighted by Crippen LogP contribution is -1.99. The Bertz CT molecular complexity index is 531. The summed E-state index contributed by atoms with van der Waals surface area (Å²) in [6.45, 7) is 0.471. The van der Waals surface area contributed by atoms with Crippen LogP contribution in [0, 0.1) is 0 Å². The Morgan fingerprint density at radius 3 is 3.13 bits per heavy atom. The second-order valence-corrected chi connectivity index (χ2v) is 4.61. The molecule has 3 nitrogen and oxygen atoms in total. The Hall–Kier alpha value is -1.13. The quantitative estimate of drug-likeness (QED) is 0.708. The van der Waals surface area contributed by atoms with Crippen LogP contribution < -0.4 is 5.73 Å². The van der Waals surface area contributed by atoms with E-state index in [1.807, 2.05) is 6.07 Å². The Balaban J connectivity index is 2.17. The highest BCUT2D eigenvalue weighted by atomic mass is 79.9. The predicted octanol–water partition coefficient (Wildman–Crippen LogP) is 2.20. The van der Waals surface area contributed by atoms with Gasteiger partial charge in [-0.2, -0.15) is 0 Å². The minimum Gasteiger partial charge on any atom is -0.344 e. The number of aromatic amines is 1. The van der Waals surface area contributed by atoms with Crippen LogP contribution in [0.2, 0.25) is 0 Å². The molecule has 0 unspecified atom stereocenters. The summed E-state index contributed by atoms with van der Waals surface area (Å²) in [6.07, 6.45) is 0.928. The molecule has 1 aliphatic rings. The molecule has 1 aromatic carbocycles. The van der Waals surface area contributed by atoms with Crippen molar-refractivity contribution >= 4 is 15.9 Å². The van der Waals surface area contributed by atoms with E-state index in [0.717, 1.165) is 22.4 Å². The van der Waals surface area contributed by atoms with Gasteiger partial charge in [-0.15, -0.1) is 0 Å². The summed E-state index contributed by atoms with van der Waals surface area (Å²) in [5.74, 6) is 0.869. The van der Waals surface area contributed by atoms with Crippen LogP contribution in [-0.2, 0) is 13.0 Å². The van der Waals surface area contributed by atoms with Gasteiger partial charge in [0.25, 0.3) is 0 Å². The van der Waals surface area contributed by atoms with Crippen molar-refractivity contribution in [2.24, 2.45) is 5.73 Å². The number of aromatic nitrogens is 2. The molecule has 2 aromatic rings. The Kier molecular flexibility index (Phi) is 1.94. The third kappa shape index (κ3) is 1.33. The van der Waals surface area contributed by atoms with Gasteiger partial charge in [0.2, 0.25) is 0 Å². The summed E-state index contributed by atoms with van der Waals surface area (Å²) in [7, 11) is 0. The molecule has 3 N–H and O–H groups in total. The number of nitrogens with one attached hydrogen (secondary N) is 1. The van der Waals surface area contributed by atoms with E-state index in [4.69, 9.17) is 5.73 Å². The maximum Gasteiger partial charge on any atom is 0.120 e. The minimum atomic E-state index is 0.471. The lowest BCUT2D eigenvalue weighted by molar-refractivity contribution is 0.934. The Morgan fingerprint density at radius 1 is 1.47 bits per heavy atom. The van der Waals surface area contributed by atoms with Crippen molar-refractivity contribution in [1.29, 1.82) is 0 Å². The highest BCUT2D eigenvalue weighted by molar-refractivity contribution is 9.10. The average Bonchev–Trinajstić information content (AvgIpc) is 2.73. The molecule has 0 radical (unpaired) electrons. The van der Waals surface area contributed by atoms with Crippen molar-refractivity contribution in [3.8, 4) is 11.3 Å². The van der Waals surface area contributed by atoms with Crippen LogP contribution in [0.5, 0.6) is 0 Å². The summed E-state index contributed by atoms with van der Waals surface area (Å²) in [5.41, 5.74) is 10.4. The summed E-state index contributed by atoms with van der Waals surface area (Å²) in [4.78, 5) is 7.74. The van der Waals surface area contributed by atoms with Crippen LogP contribution in [-0.4, -0.2) is 9.97 Å². The summed E-state index contributed by atoms with van der Waals surface area (Å²) < 4.78 is 1.12. The van der Waals surface area contributed by atoms with Crippen molar-refractivity contribution < 1.29 is 0 Å². The SMILES string of the molecule is NCc1nc2c([nH]1)Cc1cc(Br)ccc1-2. The maximum absolute atomic E-state index is 5.55. The highest BCUT2D eigenvalue weighted by Crippen LogP contribution is 2.36. The number of benzene rings is 1. The van der Waals surface area contributed by atoms with Crippen LogP contribution >= 0.6 is 15.9 Å². The largest absolute Gasteiger partial charge is 0.344 e. The smallest absolute Gasteiger partial charge is 0.120 e. The van der Waals surface area contributed by atoms with Gasteiger partial charge < -0.3 is 10.7 Å². The number of nitrogens with two attached hydrogens (primary N) is 1. The molecule has 0 fully saturated rings. The number of rotatable bonds is 1. The van der Waals surface area contributed by atoms with Crippen molar-refractivity contribution in [2.75, 3.05) is 0 Å². The maximum atomic E-state index is 5.55. The van der Waals surface area contributed by atoms with Crippen LogP contribution in [0.25, 0.3) is 11.3 Å². The molecule has 3 rings (SSSR count). The van der Waals surface area contributed by atoms with Crippen LogP contribution in [0.15, 0.2) is 22.7 Å². The fourth-order valence-electron chi connectivity index (χ4n) is 2.04. The zero-order valence-corrected chi connectivity index (χ0v) is 9.63. The second-order valence-electron chi connectivity index (χ2n) is 3.69. The molecule has 1 aliphatic carbocycles. The number of fused-ring (bicyclic) bond motifs is 3. The van der Waals surface area contributed by atoms with E-state index >= 15 is 0 Å². The van der Waals surface area contributed by atoms with E-state index in [9.17, 15) is 0 Å². The van der Waals surface area contributed by atoms with E-state index in [1.54, 1.807) is 0 Å². The second kappa shape index (κ2) is 3.18. The first-order chi connectivity index (χ1) is 7.28. The lowest BCUT2D eigenvalue weighted by Gasteiger charge is -1.99. The highest BCUT2D eigenvalue weighted by Gasteiger charge is 2.22. The molecule has 0 saturated heterocycles. The van der Waals surface area contributed by atoms with Gasteiger partial charge in [0.05, 0.1) is 12.2 Å². The molecule has 0 saturated carbocycles. The minimum absolute atomic E-state index is 0.471. The van der Waals surface area contributed by atoms with Crippen molar-refractivity contribution in [1.82, 2.24) is 9.97 Å². The first kappa shape index (κ1) is 9.12. The average molecular weight is 264 g/mol. The summed E-state index contributed by atoms with van der Waals surface area (Å²) >= 11 is 3.48. The standard InChI is InChI=1S/C11H10BrN3/c12-7-1-2-8-6(3-7)4-9-11(8)15-10(5-13)14-9/h1-3H,4-5,13H2,(H,14,15). The molecule has 4 heteroatoms. The van der Waals surface area contributed by atoms with E-state index in [-0.39, 0.29) is 0 Å². The van der Waals surface area contributed by atoms with E-state index in [2.05, 4.69) is 38.0 Å². The van der Waals surface area contributed by atoms with Gasteiger partial charge in [-0.3, -0.25) is 0 Å². The number of imidazole rings is 1. The van der Waals surface area contributed by atoms with Gasteiger partial charge in [-0.25, -0.2) is 4.98 Å². The zero-order valence-electron chi connectivity index (χ0n) is 8.05. The number of hydrogen-bond acceptors (Lipinski definition) is 2. The normalized spacial score (nSPS) is 12.7. The summed E-state index contributed by atoms with van der Waals surface area (Å²) in [6, 6.07) is 6.30. The zero-order chi connectivity index (χ0) is 10.4. The molecule has 0 atom stereocenters. The first-order valence-corrected chi connectivity index (χ1v) is 5.64. The fraction of sp³-hybridized carbons (Fsp3) is 0.182. The molecule has 1 aromatic heterocycles. The third-order valence-corrected chi connectivity index (χ3v) is 3.20. The monoisotopic (exact) mass is 263 g/mol. The van der Waals surface area contributed by atoms with Crippen LogP contribution in [0.4, 0.5) is 0 Å². The predicted molar refractivity (Wildman–Crippen MR) is 62.4 cm³/mol. The first-order valence-electron chi connectivity index (χ1n) is 4.84. The van der Waals surface area contributed by atoms with Crippen LogP contribution in [0.1, 0.15) is 17.1 Å². The molecular formula is C11H10BrN3. The van der Waals surface area contributed by atoms with Gasteiger partial charge >= 0.3 is 0 Å². The molecule has 15 heavy (non-hydrogen) atoms. The molecule has 1 heterocycles. The number of nitrogens with zero attached hydrogens (tertiary/aromatic N) is 1. The topological polar surface area (TPSA) is 54.7 Å². The van der Waals surface area contributed by atoms with E-state index < -0.39 is 0 Å². The van der Waals surface area contributed by atoms with Gasteiger partial charge in [-0.05, 0) is 17.7 Å². The van der Waals surface area contributed by atoms with Gasteiger partial charge in [0.1, 0.15) is 5.82 Å². The fourth-order valence-corrected chi connectivity index (χ4v) is 2.45. The Labute approximate surface area is 95.8 Å². The molecular weight excluding hydrogens is 254 g/mol. The van der Waals surface area contributed by atoms with Gasteiger partial charge in [0, 0.05) is 22.2 Å². The molecule has 0 bridgehead atoms. The molecule has 0 spiro atoms. The third-order valence-electron chi connectivity index (χ3n) is 2.71. The lowest BCUT2D eigenvalue weighted by atomic mass is 10.1. The van der Waals surface area contributed by atoms with Crippen molar-refractivity contribution in [2.45, 2.75) is 13.0 Å².